The molecule has 2 heterocycles. The van der Waals surface area contributed by atoms with Crippen LogP contribution in [0.5, 0.6) is 0 Å². The molecule has 1 atom stereocenters. The molecule has 2 rings (SSSR count). The minimum atomic E-state index is -0.610. The number of ether oxygens (including phenoxy) is 1. The number of hydrogen-bond acceptors (Lipinski definition) is 8. The van der Waals surface area contributed by atoms with Gasteiger partial charge >= 0.3 is 5.69 Å². The van der Waals surface area contributed by atoms with E-state index in [9.17, 15) is 9.59 Å². The lowest BCUT2D eigenvalue weighted by Gasteiger charge is -2.16. The molecule has 0 aliphatic rings. The third-order valence-electron chi connectivity index (χ3n) is 2.87. The zero-order chi connectivity index (χ0) is 15.4. The minimum Gasteiger partial charge on any atom is -0.383 e. The van der Waals surface area contributed by atoms with Gasteiger partial charge in [-0.2, -0.15) is 5.21 Å². The molecule has 0 saturated heterocycles. The summed E-state index contributed by atoms with van der Waals surface area (Å²) in [4.78, 5) is 25.8. The third-order valence-corrected chi connectivity index (χ3v) is 2.87. The molecule has 11 nitrogen and oxygen atoms in total. The molecule has 0 saturated carbocycles. The molecule has 0 aliphatic carbocycles. The molecule has 0 aromatic carbocycles. The van der Waals surface area contributed by atoms with Gasteiger partial charge in [0.2, 0.25) is 0 Å². The average molecular weight is 296 g/mol. The fraction of sp³-hybridized carbons (Fsp3) is 0.500. The van der Waals surface area contributed by atoms with E-state index in [2.05, 4.69) is 30.9 Å². The lowest BCUT2D eigenvalue weighted by Crippen LogP contribution is -2.35. The van der Waals surface area contributed by atoms with Gasteiger partial charge in [-0.25, -0.2) is 4.79 Å². The number of anilines is 2. The van der Waals surface area contributed by atoms with Crippen molar-refractivity contribution < 1.29 is 4.74 Å². The highest BCUT2D eigenvalue weighted by atomic mass is 16.5. The summed E-state index contributed by atoms with van der Waals surface area (Å²) in [5.74, 6) is 0.389. The maximum Gasteiger partial charge on any atom is 0.330 e. The molecule has 114 valence electrons. The Morgan fingerprint density at radius 1 is 1.48 bits per heavy atom. The van der Waals surface area contributed by atoms with Crippen LogP contribution in [0.25, 0.3) is 0 Å². The normalized spacial score (nSPS) is 12.3. The quantitative estimate of drug-likeness (QED) is 0.499. The first-order valence-electron chi connectivity index (χ1n) is 6.16. The summed E-state index contributed by atoms with van der Waals surface area (Å²) < 4.78 is 6.12. The monoisotopic (exact) mass is 296 g/mol. The SMILES string of the molecule is COCCn1c(N)c(NC(C)c2nn[nH]n2)c(=O)[nH]c1=O. The van der Waals surface area contributed by atoms with Gasteiger partial charge in [0.15, 0.2) is 5.82 Å². The number of rotatable bonds is 6. The Labute approximate surface area is 118 Å². The van der Waals surface area contributed by atoms with Crippen LogP contribution < -0.4 is 22.3 Å². The lowest BCUT2D eigenvalue weighted by molar-refractivity contribution is 0.186. The minimum absolute atomic E-state index is 0.0242. The number of nitrogens with two attached hydrogens (primary N) is 1. The molecule has 2 aromatic heterocycles. The van der Waals surface area contributed by atoms with Crippen LogP contribution in [0.4, 0.5) is 11.5 Å². The van der Waals surface area contributed by atoms with Crippen LogP contribution in [-0.2, 0) is 11.3 Å². The van der Waals surface area contributed by atoms with Crippen LogP contribution in [0.2, 0.25) is 0 Å². The lowest BCUT2D eigenvalue weighted by atomic mass is 10.3. The Bertz CT molecular complexity index is 704. The second kappa shape index (κ2) is 6.17. The number of nitrogens with one attached hydrogen (secondary N) is 3. The van der Waals surface area contributed by atoms with Gasteiger partial charge in [0.05, 0.1) is 19.2 Å². The van der Waals surface area contributed by atoms with Gasteiger partial charge in [-0.05, 0) is 6.92 Å². The molecule has 2 aromatic rings. The largest absolute Gasteiger partial charge is 0.383 e. The van der Waals surface area contributed by atoms with E-state index in [-0.39, 0.29) is 24.7 Å². The highest BCUT2D eigenvalue weighted by Gasteiger charge is 2.17. The fourth-order valence-electron chi connectivity index (χ4n) is 1.77. The average Bonchev–Trinajstić information content (AvgIpc) is 2.97. The van der Waals surface area contributed by atoms with Crippen molar-refractivity contribution in [2.75, 3.05) is 24.8 Å². The molecule has 21 heavy (non-hydrogen) atoms. The fourth-order valence-corrected chi connectivity index (χ4v) is 1.77. The second-order valence-corrected chi connectivity index (χ2v) is 4.30. The highest BCUT2D eigenvalue weighted by molar-refractivity contribution is 5.61. The number of nitrogens with zero attached hydrogens (tertiary/aromatic N) is 4. The van der Waals surface area contributed by atoms with Gasteiger partial charge in [0.25, 0.3) is 5.56 Å². The van der Waals surface area contributed by atoms with Gasteiger partial charge in [0.1, 0.15) is 11.5 Å². The van der Waals surface area contributed by atoms with E-state index in [1.165, 1.54) is 11.7 Å². The molecule has 11 heteroatoms. The molecule has 5 N–H and O–H groups in total. The Morgan fingerprint density at radius 3 is 2.86 bits per heavy atom. The third kappa shape index (κ3) is 3.08. The van der Waals surface area contributed by atoms with Crippen LogP contribution in [-0.4, -0.2) is 43.9 Å². The van der Waals surface area contributed by atoms with Gasteiger partial charge in [-0.1, -0.05) is 5.21 Å². The Hall–Kier alpha value is -2.69. The molecule has 0 amide bonds. The van der Waals surface area contributed by atoms with Gasteiger partial charge in [0, 0.05) is 7.11 Å². The summed E-state index contributed by atoms with van der Waals surface area (Å²) in [6, 6.07) is -0.416. The van der Waals surface area contributed by atoms with Gasteiger partial charge in [-0.3, -0.25) is 14.3 Å². The van der Waals surface area contributed by atoms with E-state index in [4.69, 9.17) is 10.5 Å². The first-order valence-corrected chi connectivity index (χ1v) is 6.16. The standard InChI is InChI=1S/C10H16N8O3/c1-5(8-14-16-17-15-8)12-6-7(11)18(3-4-21-2)10(20)13-9(6)19/h5,12H,3-4,11H2,1-2H3,(H,13,19,20)(H,14,15,16,17). The summed E-state index contributed by atoms with van der Waals surface area (Å²) in [6.07, 6.45) is 0. The van der Waals surface area contributed by atoms with Crippen molar-refractivity contribution >= 4 is 11.5 Å². The predicted molar refractivity (Wildman–Crippen MR) is 73.8 cm³/mol. The van der Waals surface area contributed by atoms with Crippen molar-refractivity contribution in [3.8, 4) is 0 Å². The van der Waals surface area contributed by atoms with E-state index < -0.39 is 17.3 Å². The van der Waals surface area contributed by atoms with Crippen LogP contribution in [0, 0.1) is 0 Å². The maximum absolute atomic E-state index is 11.9. The predicted octanol–water partition coefficient (Wildman–Crippen LogP) is -1.55. The van der Waals surface area contributed by atoms with Crippen LogP contribution in [0.1, 0.15) is 18.8 Å². The molecule has 0 spiro atoms. The van der Waals surface area contributed by atoms with Gasteiger partial charge < -0.3 is 15.8 Å². The molecular weight excluding hydrogens is 280 g/mol. The Balaban J connectivity index is 2.34. The molecule has 0 radical (unpaired) electrons. The first kappa shape index (κ1) is 14.7. The van der Waals surface area contributed by atoms with Crippen LogP contribution in [0.15, 0.2) is 9.59 Å². The van der Waals surface area contributed by atoms with Crippen LogP contribution >= 0.6 is 0 Å². The Morgan fingerprint density at radius 2 is 2.24 bits per heavy atom. The highest BCUT2D eigenvalue weighted by Crippen LogP contribution is 2.16. The van der Waals surface area contributed by atoms with Crippen molar-refractivity contribution in [1.29, 1.82) is 0 Å². The van der Waals surface area contributed by atoms with Crippen molar-refractivity contribution in [1.82, 2.24) is 30.2 Å². The smallest absolute Gasteiger partial charge is 0.330 e. The van der Waals surface area contributed by atoms with E-state index in [1.807, 2.05) is 0 Å². The zero-order valence-corrected chi connectivity index (χ0v) is 11.6. The topological polar surface area (TPSA) is 157 Å². The number of aromatic nitrogens is 6. The number of hydrogen-bond donors (Lipinski definition) is 4. The zero-order valence-electron chi connectivity index (χ0n) is 11.6. The number of tetrazole rings is 1. The molecular formula is C10H16N8O3. The van der Waals surface area contributed by atoms with Crippen molar-refractivity contribution in [2.24, 2.45) is 0 Å². The number of nitrogen functional groups attached to an aromatic ring is 1. The molecule has 0 bridgehead atoms. The van der Waals surface area contributed by atoms with E-state index in [1.54, 1.807) is 6.92 Å². The summed E-state index contributed by atoms with van der Waals surface area (Å²) in [7, 11) is 1.50. The van der Waals surface area contributed by atoms with E-state index in [0.29, 0.717) is 5.82 Å². The van der Waals surface area contributed by atoms with Crippen molar-refractivity contribution in [3.05, 3.63) is 26.7 Å². The number of H-pyrrole nitrogens is 2. The van der Waals surface area contributed by atoms with Crippen molar-refractivity contribution in [2.45, 2.75) is 19.5 Å². The van der Waals surface area contributed by atoms with Crippen molar-refractivity contribution in [3.63, 3.8) is 0 Å². The molecule has 1 unspecified atom stereocenters. The second-order valence-electron chi connectivity index (χ2n) is 4.30. The Kier molecular flexibility index (Phi) is 4.33. The van der Waals surface area contributed by atoms with Gasteiger partial charge in [-0.15, -0.1) is 10.2 Å². The first-order chi connectivity index (χ1) is 10.0. The molecule has 0 aliphatic heterocycles. The molecule has 0 fully saturated rings. The summed E-state index contributed by atoms with van der Waals surface area (Å²) in [5, 5.41) is 16.2. The van der Waals surface area contributed by atoms with E-state index >= 15 is 0 Å². The van der Waals surface area contributed by atoms with E-state index in [0.717, 1.165) is 0 Å². The number of aromatic amines is 2. The summed E-state index contributed by atoms with van der Waals surface area (Å²) >= 11 is 0. The maximum atomic E-state index is 11.9. The summed E-state index contributed by atoms with van der Waals surface area (Å²) in [5.41, 5.74) is 4.76. The number of methoxy groups -OCH3 is 1. The van der Waals surface area contributed by atoms with Crippen LogP contribution in [0.3, 0.4) is 0 Å². The summed E-state index contributed by atoms with van der Waals surface area (Å²) in [6.45, 7) is 2.24.